The number of rotatable bonds is 5. The number of aryl methyl sites for hydroxylation is 1. The molecule has 2 aromatic rings. The van der Waals surface area contributed by atoms with Crippen LogP contribution >= 0.6 is 0 Å². The van der Waals surface area contributed by atoms with Gasteiger partial charge in [0.15, 0.2) is 0 Å². The van der Waals surface area contributed by atoms with Crippen LogP contribution in [0.15, 0.2) is 24.8 Å². The number of hydrogen-bond donors (Lipinski definition) is 0. The van der Waals surface area contributed by atoms with Gasteiger partial charge in [-0.25, -0.2) is 9.97 Å². The summed E-state index contributed by atoms with van der Waals surface area (Å²) in [7, 11) is 1.91. The molecule has 0 unspecified atom stereocenters. The van der Waals surface area contributed by atoms with E-state index in [1.54, 1.807) is 11.0 Å². The third-order valence-corrected chi connectivity index (χ3v) is 4.76. The van der Waals surface area contributed by atoms with Crippen molar-refractivity contribution in [1.29, 1.82) is 0 Å². The van der Waals surface area contributed by atoms with E-state index in [0.717, 1.165) is 31.1 Å². The highest BCUT2D eigenvalue weighted by molar-refractivity contribution is 5.41. The third kappa shape index (κ3) is 3.34. The second-order valence-electron chi connectivity index (χ2n) is 6.60. The van der Waals surface area contributed by atoms with Crippen molar-refractivity contribution in [1.82, 2.24) is 29.9 Å². The lowest BCUT2D eigenvalue weighted by Crippen LogP contribution is -2.46. The van der Waals surface area contributed by atoms with E-state index in [4.69, 9.17) is 0 Å². The molecule has 1 saturated carbocycles. The summed E-state index contributed by atoms with van der Waals surface area (Å²) >= 11 is 0. The maximum absolute atomic E-state index is 4.49. The molecule has 0 bridgehead atoms. The summed E-state index contributed by atoms with van der Waals surface area (Å²) in [6, 6.07) is 3.32. The lowest BCUT2D eigenvalue weighted by atomic mass is 10.0. The van der Waals surface area contributed by atoms with Gasteiger partial charge in [-0.05, 0) is 31.7 Å². The van der Waals surface area contributed by atoms with Crippen molar-refractivity contribution >= 4 is 5.82 Å². The highest BCUT2D eigenvalue weighted by atomic mass is 15.4. The normalized spacial score (nSPS) is 19.9. The number of piperidine rings is 1. The highest BCUT2D eigenvalue weighted by Crippen LogP contribution is 2.35. The second kappa shape index (κ2) is 6.23. The van der Waals surface area contributed by atoms with Crippen LogP contribution in [0.5, 0.6) is 0 Å². The molecule has 1 aliphatic carbocycles. The van der Waals surface area contributed by atoms with Gasteiger partial charge in [0, 0.05) is 51.2 Å². The Bertz CT molecular complexity index is 629. The first-order chi connectivity index (χ1) is 11.3. The zero-order valence-electron chi connectivity index (χ0n) is 13.5. The largest absolute Gasteiger partial charge is 0.350 e. The average molecular weight is 313 g/mol. The molecule has 0 aromatic carbocycles. The van der Waals surface area contributed by atoms with Crippen molar-refractivity contribution < 1.29 is 0 Å². The molecule has 4 rings (SSSR count). The summed E-state index contributed by atoms with van der Waals surface area (Å²) in [4.78, 5) is 13.6. The van der Waals surface area contributed by atoms with Gasteiger partial charge in [0.2, 0.25) is 0 Å². The van der Waals surface area contributed by atoms with Gasteiger partial charge in [0.05, 0.1) is 5.69 Å². The van der Waals surface area contributed by atoms with E-state index in [2.05, 4.69) is 30.1 Å². The van der Waals surface area contributed by atoms with Crippen molar-refractivity contribution in [2.45, 2.75) is 44.3 Å². The standard InChI is InChI=1S/C16H23N7/c1-21-10-13(19-20-21)11-22-8-5-15(6-9-22)23(14-2-3-14)16-4-7-17-12-18-16/h4,7,10,12,14-15H,2-3,5-6,8-9,11H2,1H3. The van der Waals surface area contributed by atoms with Crippen LogP contribution in [-0.4, -0.2) is 55.0 Å². The second-order valence-corrected chi connectivity index (χ2v) is 6.60. The predicted octanol–water partition coefficient (Wildman–Crippen LogP) is 1.24. The van der Waals surface area contributed by atoms with Crippen LogP contribution in [0.25, 0.3) is 0 Å². The van der Waals surface area contributed by atoms with Crippen LogP contribution < -0.4 is 4.90 Å². The van der Waals surface area contributed by atoms with Gasteiger partial charge < -0.3 is 4.90 Å². The summed E-state index contributed by atoms with van der Waals surface area (Å²) < 4.78 is 1.77. The van der Waals surface area contributed by atoms with E-state index < -0.39 is 0 Å². The van der Waals surface area contributed by atoms with Crippen LogP contribution in [0.4, 0.5) is 5.82 Å². The van der Waals surface area contributed by atoms with Gasteiger partial charge in [-0.2, -0.15) is 0 Å². The topological polar surface area (TPSA) is 63.0 Å². The fourth-order valence-electron chi connectivity index (χ4n) is 3.51. The van der Waals surface area contributed by atoms with Crippen LogP contribution in [0.2, 0.25) is 0 Å². The van der Waals surface area contributed by atoms with Gasteiger partial charge in [0.1, 0.15) is 12.1 Å². The van der Waals surface area contributed by atoms with Crippen LogP contribution in [0.3, 0.4) is 0 Å². The summed E-state index contributed by atoms with van der Waals surface area (Å²) in [5.41, 5.74) is 1.06. The summed E-state index contributed by atoms with van der Waals surface area (Å²) in [5.74, 6) is 1.09. The number of aromatic nitrogens is 5. The molecule has 7 heteroatoms. The first-order valence-electron chi connectivity index (χ1n) is 8.41. The molecule has 1 aliphatic heterocycles. The Morgan fingerprint density at radius 1 is 1.17 bits per heavy atom. The summed E-state index contributed by atoms with van der Waals surface area (Å²) in [5, 5.41) is 8.21. The maximum Gasteiger partial charge on any atom is 0.132 e. The van der Waals surface area contributed by atoms with Gasteiger partial charge in [-0.3, -0.25) is 9.58 Å². The fourth-order valence-corrected chi connectivity index (χ4v) is 3.51. The molecule has 23 heavy (non-hydrogen) atoms. The molecule has 122 valence electrons. The molecule has 0 spiro atoms. The number of anilines is 1. The van der Waals surface area contributed by atoms with E-state index in [1.165, 1.54) is 25.7 Å². The molecule has 3 heterocycles. The Labute approximate surface area is 136 Å². The molecule has 0 N–H and O–H groups in total. The predicted molar refractivity (Wildman–Crippen MR) is 86.8 cm³/mol. The van der Waals surface area contributed by atoms with E-state index >= 15 is 0 Å². The van der Waals surface area contributed by atoms with Crippen molar-refractivity contribution in [3.05, 3.63) is 30.5 Å². The molecule has 0 atom stereocenters. The molecule has 2 fully saturated rings. The first kappa shape index (κ1) is 14.6. The zero-order chi connectivity index (χ0) is 15.6. The van der Waals surface area contributed by atoms with Crippen molar-refractivity contribution in [2.75, 3.05) is 18.0 Å². The van der Waals surface area contributed by atoms with E-state index in [0.29, 0.717) is 12.1 Å². The molecule has 0 radical (unpaired) electrons. The third-order valence-electron chi connectivity index (χ3n) is 4.76. The van der Waals surface area contributed by atoms with Gasteiger partial charge in [-0.15, -0.1) is 5.10 Å². The van der Waals surface area contributed by atoms with Crippen molar-refractivity contribution in [2.24, 2.45) is 7.05 Å². The molecule has 1 saturated heterocycles. The van der Waals surface area contributed by atoms with E-state index in [-0.39, 0.29) is 0 Å². The van der Waals surface area contributed by atoms with Crippen molar-refractivity contribution in [3.8, 4) is 0 Å². The lowest BCUT2D eigenvalue weighted by Gasteiger charge is -2.39. The summed E-state index contributed by atoms with van der Waals surface area (Å²) in [6.45, 7) is 3.11. The molecule has 0 amide bonds. The zero-order valence-corrected chi connectivity index (χ0v) is 13.5. The smallest absolute Gasteiger partial charge is 0.132 e. The number of nitrogens with zero attached hydrogens (tertiary/aromatic N) is 7. The average Bonchev–Trinajstić information content (AvgIpc) is 3.33. The Hall–Kier alpha value is -2.02. The van der Waals surface area contributed by atoms with Crippen LogP contribution in [0.1, 0.15) is 31.4 Å². The molecular formula is C16H23N7. The summed E-state index contributed by atoms with van der Waals surface area (Å²) in [6.07, 6.45) is 10.5. The monoisotopic (exact) mass is 313 g/mol. The lowest BCUT2D eigenvalue weighted by molar-refractivity contribution is 0.198. The van der Waals surface area contributed by atoms with Crippen molar-refractivity contribution in [3.63, 3.8) is 0 Å². The van der Waals surface area contributed by atoms with Gasteiger partial charge in [0.25, 0.3) is 0 Å². The van der Waals surface area contributed by atoms with Crippen LogP contribution in [-0.2, 0) is 13.6 Å². The quantitative estimate of drug-likeness (QED) is 0.827. The Morgan fingerprint density at radius 3 is 2.57 bits per heavy atom. The molecular weight excluding hydrogens is 290 g/mol. The number of hydrogen-bond acceptors (Lipinski definition) is 6. The Balaban J connectivity index is 1.38. The van der Waals surface area contributed by atoms with Gasteiger partial charge in [-0.1, -0.05) is 5.21 Å². The molecule has 2 aliphatic rings. The van der Waals surface area contributed by atoms with E-state index in [9.17, 15) is 0 Å². The minimum Gasteiger partial charge on any atom is -0.350 e. The minimum absolute atomic E-state index is 0.593. The first-order valence-corrected chi connectivity index (χ1v) is 8.41. The fraction of sp³-hybridized carbons (Fsp3) is 0.625. The van der Waals surface area contributed by atoms with Gasteiger partial charge >= 0.3 is 0 Å². The van der Waals surface area contributed by atoms with E-state index in [1.807, 2.05) is 25.5 Å². The highest BCUT2D eigenvalue weighted by Gasteiger charge is 2.36. The number of likely N-dealkylation sites (tertiary alicyclic amines) is 1. The Morgan fingerprint density at radius 2 is 1.96 bits per heavy atom. The SMILES string of the molecule is Cn1cc(CN2CCC(N(c3ccncn3)C3CC3)CC2)nn1. The van der Waals surface area contributed by atoms with Crippen LogP contribution in [0, 0.1) is 0 Å². The molecule has 7 nitrogen and oxygen atoms in total. The minimum atomic E-state index is 0.593. The molecule has 2 aromatic heterocycles. The maximum atomic E-state index is 4.49. The Kier molecular flexibility index (Phi) is 3.95.